The van der Waals surface area contributed by atoms with Gasteiger partial charge in [-0.15, -0.1) is 0 Å². The van der Waals surface area contributed by atoms with Crippen LogP contribution in [-0.2, 0) is 22.6 Å². The Hall–Kier alpha value is -2.27. The van der Waals surface area contributed by atoms with Gasteiger partial charge in [0.2, 0.25) is 0 Å². The number of nitrogens with zero attached hydrogens (tertiary/aromatic N) is 3. The number of ether oxygens (including phenoxy) is 1. The number of methoxy groups -OCH3 is 1. The van der Waals surface area contributed by atoms with Crippen molar-refractivity contribution in [2.45, 2.75) is 52.1 Å². The highest BCUT2D eigenvalue weighted by Crippen LogP contribution is 2.20. The molecular weight excluding hydrogens is 338 g/mol. The Morgan fingerprint density at radius 3 is 2.11 bits per heavy atom. The van der Waals surface area contributed by atoms with E-state index in [2.05, 4.69) is 33.9 Å². The minimum Gasteiger partial charge on any atom is -0.469 e. The van der Waals surface area contributed by atoms with Gasteiger partial charge >= 0.3 is 5.97 Å². The molecule has 1 atom stereocenters. The fraction of sp³-hybridized carbons (Fsp3) is 0.500. The first-order valence-corrected chi connectivity index (χ1v) is 9.80. The van der Waals surface area contributed by atoms with E-state index in [-0.39, 0.29) is 5.97 Å². The maximum absolute atomic E-state index is 11.5. The Bertz CT molecular complexity index is 608. The van der Waals surface area contributed by atoms with Crippen LogP contribution in [0, 0.1) is 5.92 Å². The third-order valence-corrected chi connectivity index (χ3v) is 4.76. The quantitative estimate of drug-likeness (QED) is 0.524. The number of hydrogen-bond donors (Lipinski definition) is 0. The first-order valence-electron chi connectivity index (χ1n) is 9.80. The van der Waals surface area contributed by atoms with E-state index in [1.807, 2.05) is 36.7 Å². The van der Waals surface area contributed by atoms with Crippen molar-refractivity contribution in [1.29, 1.82) is 0 Å². The number of rotatable bonds is 12. The van der Waals surface area contributed by atoms with Crippen molar-refractivity contribution in [1.82, 2.24) is 14.9 Å². The van der Waals surface area contributed by atoms with Crippen LogP contribution in [0.4, 0.5) is 0 Å². The summed E-state index contributed by atoms with van der Waals surface area (Å²) >= 11 is 0. The molecule has 0 bridgehead atoms. The molecule has 2 aromatic rings. The van der Waals surface area contributed by atoms with Gasteiger partial charge in [0.25, 0.3) is 0 Å². The maximum Gasteiger partial charge on any atom is 0.305 e. The predicted molar refractivity (Wildman–Crippen MR) is 107 cm³/mol. The van der Waals surface area contributed by atoms with Crippen LogP contribution >= 0.6 is 0 Å². The van der Waals surface area contributed by atoms with Gasteiger partial charge in [0.05, 0.1) is 18.5 Å². The molecule has 0 saturated carbocycles. The molecule has 0 amide bonds. The van der Waals surface area contributed by atoms with Gasteiger partial charge in [-0.3, -0.25) is 19.7 Å². The lowest BCUT2D eigenvalue weighted by molar-refractivity contribution is -0.141. The van der Waals surface area contributed by atoms with Crippen molar-refractivity contribution in [2.75, 3.05) is 13.7 Å². The van der Waals surface area contributed by atoms with Crippen molar-refractivity contribution < 1.29 is 9.53 Å². The van der Waals surface area contributed by atoms with Crippen LogP contribution < -0.4 is 0 Å². The summed E-state index contributed by atoms with van der Waals surface area (Å²) in [4.78, 5) is 22.8. The van der Waals surface area contributed by atoms with Gasteiger partial charge in [0.1, 0.15) is 0 Å². The van der Waals surface area contributed by atoms with Crippen LogP contribution in [0.1, 0.15) is 50.4 Å². The van der Waals surface area contributed by atoms with Gasteiger partial charge < -0.3 is 4.74 Å². The van der Waals surface area contributed by atoms with Crippen molar-refractivity contribution in [3.05, 3.63) is 60.2 Å². The summed E-state index contributed by atoms with van der Waals surface area (Å²) in [6.45, 7) is 4.75. The van der Waals surface area contributed by atoms with Crippen LogP contribution in [0.3, 0.4) is 0 Å². The zero-order chi connectivity index (χ0) is 19.3. The van der Waals surface area contributed by atoms with E-state index in [0.29, 0.717) is 12.3 Å². The SMILES string of the molecule is CCCC(CCC(=O)OC)CCN(Cc1ccccn1)Cc1ccccn1. The van der Waals surface area contributed by atoms with Crippen molar-refractivity contribution >= 4 is 5.97 Å². The Kier molecular flexibility index (Phi) is 9.49. The van der Waals surface area contributed by atoms with Crippen LogP contribution in [0.25, 0.3) is 0 Å². The average molecular weight is 370 g/mol. The normalized spacial score (nSPS) is 12.1. The Morgan fingerprint density at radius 1 is 1.00 bits per heavy atom. The fourth-order valence-corrected chi connectivity index (χ4v) is 3.29. The number of pyridine rings is 2. The minimum atomic E-state index is -0.116. The lowest BCUT2D eigenvalue weighted by Gasteiger charge is -2.24. The highest BCUT2D eigenvalue weighted by atomic mass is 16.5. The van der Waals surface area contributed by atoms with Gasteiger partial charge in [0.15, 0.2) is 0 Å². The lowest BCUT2D eigenvalue weighted by Crippen LogP contribution is -2.26. The molecule has 0 aliphatic rings. The summed E-state index contributed by atoms with van der Waals surface area (Å²) < 4.78 is 4.80. The number of esters is 1. The van der Waals surface area contributed by atoms with Crippen LogP contribution in [-0.4, -0.2) is 34.5 Å². The minimum absolute atomic E-state index is 0.116. The zero-order valence-corrected chi connectivity index (χ0v) is 16.5. The molecule has 0 spiro atoms. The molecular formula is C22H31N3O2. The molecule has 0 fully saturated rings. The number of hydrogen-bond acceptors (Lipinski definition) is 5. The van der Waals surface area contributed by atoms with Gasteiger partial charge in [0, 0.05) is 31.9 Å². The third-order valence-electron chi connectivity index (χ3n) is 4.76. The smallest absolute Gasteiger partial charge is 0.305 e. The van der Waals surface area contributed by atoms with Gasteiger partial charge in [-0.1, -0.05) is 31.9 Å². The van der Waals surface area contributed by atoms with Crippen molar-refractivity contribution in [2.24, 2.45) is 5.92 Å². The second kappa shape index (κ2) is 12.2. The summed E-state index contributed by atoms with van der Waals surface area (Å²) in [6.07, 6.45) is 8.40. The monoisotopic (exact) mass is 369 g/mol. The largest absolute Gasteiger partial charge is 0.469 e. The summed E-state index contributed by atoms with van der Waals surface area (Å²) in [5.41, 5.74) is 2.13. The van der Waals surface area contributed by atoms with Gasteiger partial charge in [-0.2, -0.15) is 0 Å². The van der Waals surface area contributed by atoms with E-state index < -0.39 is 0 Å². The summed E-state index contributed by atoms with van der Waals surface area (Å²) in [6, 6.07) is 12.1. The summed E-state index contributed by atoms with van der Waals surface area (Å²) in [7, 11) is 1.46. The van der Waals surface area contributed by atoms with Crippen molar-refractivity contribution in [3.8, 4) is 0 Å². The van der Waals surface area contributed by atoms with E-state index >= 15 is 0 Å². The molecule has 5 heteroatoms. The molecule has 0 saturated heterocycles. The van der Waals surface area contributed by atoms with Crippen LogP contribution in [0.15, 0.2) is 48.8 Å². The van der Waals surface area contributed by atoms with E-state index in [9.17, 15) is 4.79 Å². The van der Waals surface area contributed by atoms with Crippen LogP contribution in [0.2, 0.25) is 0 Å². The number of carbonyl (C=O) groups excluding carboxylic acids is 1. The molecule has 5 nitrogen and oxygen atoms in total. The second-order valence-electron chi connectivity index (χ2n) is 6.91. The predicted octanol–water partition coefficient (Wildman–Crippen LogP) is 4.24. The zero-order valence-electron chi connectivity index (χ0n) is 16.5. The molecule has 146 valence electrons. The van der Waals surface area contributed by atoms with E-state index in [4.69, 9.17) is 4.74 Å². The van der Waals surface area contributed by atoms with Crippen molar-refractivity contribution in [3.63, 3.8) is 0 Å². The third kappa shape index (κ3) is 8.31. The summed E-state index contributed by atoms with van der Waals surface area (Å²) in [5, 5.41) is 0. The summed E-state index contributed by atoms with van der Waals surface area (Å²) in [5.74, 6) is 0.416. The Morgan fingerprint density at radius 2 is 1.63 bits per heavy atom. The molecule has 2 heterocycles. The molecule has 1 unspecified atom stereocenters. The molecule has 0 radical (unpaired) electrons. The highest BCUT2D eigenvalue weighted by Gasteiger charge is 2.15. The molecule has 0 aliphatic heterocycles. The van der Waals surface area contributed by atoms with E-state index in [1.165, 1.54) is 7.11 Å². The molecule has 0 aromatic carbocycles. The van der Waals surface area contributed by atoms with Gasteiger partial charge in [-0.25, -0.2) is 0 Å². The number of carbonyl (C=O) groups is 1. The molecule has 2 rings (SSSR count). The standard InChI is InChI=1S/C22H31N3O2/c1-3-8-19(11-12-22(26)27-2)13-16-25(17-20-9-4-6-14-23-20)18-21-10-5-7-15-24-21/h4-7,9-10,14-15,19H,3,8,11-13,16-18H2,1-2H3. The van der Waals surface area contributed by atoms with Crippen LogP contribution in [0.5, 0.6) is 0 Å². The lowest BCUT2D eigenvalue weighted by atomic mass is 9.94. The Balaban J connectivity index is 1.97. The first-order chi connectivity index (χ1) is 13.2. The molecule has 27 heavy (non-hydrogen) atoms. The topological polar surface area (TPSA) is 55.3 Å². The van der Waals surface area contributed by atoms with E-state index in [0.717, 1.165) is 56.7 Å². The molecule has 2 aromatic heterocycles. The maximum atomic E-state index is 11.5. The van der Waals surface area contributed by atoms with E-state index in [1.54, 1.807) is 0 Å². The van der Waals surface area contributed by atoms with Gasteiger partial charge in [-0.05, 0) is 49.6 Å². The highest BCUT2D eigenvalue weighted by molar-refractivity contribution is 5.69. The average Bonchev–Trinajstić information content (AvgIpc) is 2.71. The Labute approximate surface area is 162 Å². The molecule has 0 aliphatic carbocycles. The first kappa shape index (κ1) is 21.0. The second-order valence-corrected chi connectivity index (χ2v) is 6.91. The number of aromatic nitrogens is 2. The molecule has 0 N–H and O–H groups in total. The fourth-order valence-electron chi connectivity index (χ4n) is 3.29.